The molecule has 0 saturated heterocycles. The summed E-state index contributed by atoms with van der Waals surface area (Å²) in [5, 5.41) is 3.70. The fourth-order valence-corrected chi connectivity index (χ4v) is 3.82. The molecular weight excluding hydrogens is 342 g/mol. The van der Waals surface area contributed by atoms with Crippen LogP contribution in [-0.4, -0.2) is 25.2 Å². The smallest absolute Gasteiger partial charge is 0.350 e. The van der Waals surface area contributed by atoms with Crippen molar-refractivity contribution in [2.24, 2.45) is 0 Å². The normalized spacial score (nSPS) is 10.6. The molecule has 2 aromatic carbocycles. The van der Waals surface area contributed by atoms with Gasteiger partial charge in [0, 0.05) is 20.5 Å². The second-order valence-corrected chi connectivity index (χ2v) is 6.91. The molecule has 0 spiro atoms. The van der Waals surface area contributed by atoms with Crippen LogP contribution in [0, 0.1) is 0 Å². The Labute approximate surface area is 147 Å². The minimum absolute atomic E-state index is 0.253. The summed E-state index contributed by atoms with van der Waals surface area (Å²) in [4.78, 5) is 26.1. The lowest BCUT2D eigenvalue weighted by molar-refractivity contribution is 0.0607. The molecular formula is C18H15NO3S2. The van der Waals surface area contributed by atoms with Gasteiger partial charge in [0.2, 0.25) is 0 Å². The van der Waals surface area contributed by atoms with E-state index in [4.69, 9.17) is 4.74 Å². The predicted molar refractivity (Wildman–Crippen MR) is 99.3 cm³/mol. The number of rotatable bonds is 4. The molecule has 0 unspecified atom stereocenters. The Hall–Kier alpha value is -2.31. The van der Waals surface area contributed by atoms with E-state index in [0.29, 0.717) is 16.1 Å². The highest BCUT2D eigenvalue weighted by molar-refractivity contribution is 7.98. The number of thioether (sulfide) groups is 1. The van der Waals surface area contributed by atoms with Crippen molar-refractivity contribution in [3.8, 4) is 0 Å². The molecule has 1 N–H and O–H groups in total. The zero-order valence-electron chi connectivity index (χ0n) is 13.2. The summed E-state index contributed by atoms with van der Waals surface area (Å²) in [6.07, 6.45) is 1.98. The third-order valence-corrected chi connectivity index (χ3v) is 5.45. The zero-order valence-corrected chi connectivity index (χ0v) is 14.8. The maximum absolute atomic E-state index is 12.6. The standard InChI is InChI=1S/C18H15NO3S2/c1-22-18(21)16-15(13-5-3-4-6-14(13)24-16)19-17(20)11-7-9-12(23-2)10-8-11/h3-10H,1-2H3,(H,19,20). The van der Waals surface area contributed by atoms with Gasteiger partial charge in [-0.15, -0.1) is 23.1 Å². The number of esters is 1. The van der Waals surface area contributed by atoms with Crippen molar-refractivity contribution in [3.05, 3.63) is 59.0 Å². The van der Waals surface area contributed by atoms with Gasteiger partial charge < -0.3 is 10.1 Å². The van der Waals surface area contributed by atoms with Crippen LogP contribution in [0.1, 0.15) is 20.0 Å². The molecule has 0 atom stereocenters. The number of fused-ring (bicyclic) bond motifs is 1. The van der Waals surface area contributed by atoms with Gasteiger partial charge in [0.15, 0.2) is 0 Å². The number of anilines is 1. The van der Waals surface area contributed by atoms with E-state index in [0.717, 1.165) is 15.0 Å². The molecule has 0 aliphatic heterocycles. The van der Waals surface area contributed by atoms with Gasteiger partial charge in [0.1, 0.15) is 4.88 Å². The maximum Gasteiger partial charge on any atom is 0.350 e. The third-order valence-electron chi connectivity index (χ3n) is 3.56. The first-order valence-electron chi connectivity index (χ1n) is 7.19. The van der Waals surface area contributed by atoms with Crippen molar-refractivity contribution in [2.75, 3.05) is 18.7 Å². The topological polar surface area (TPSA) is 55.4 Å². The van der Waals surface area contributed by atoms with E-state index in [1.165, 1.54) is 18.4 Å². The number of carbonyl (C=O) groups is 2. The van der Waals surface area contributed by atoms with Crippen LogP contribution in [0.2, 0.25) is 0 Å². The Morgan fingerprint density at radius 2 is 1.79 bits per heavy atom. The van der Waals surface area contributed by atoms with Crippen molar-refractivity contribution >= 4 is 50.7 Å². The Bertz CT molecular complexity index is 900. The van der Waals surface area contributed by atoms with Gasteiger partial charge in [-0.1, -0.05) is 18.2 Å². The quantitative estimate of drug-likeness (QED) is 0.545. The minimum atomic E-state index is -0.454. The Morgan fingerprint density at radius 1 is 1.08 bits per heavy atom. The summed E-state index contributed by atoms with van der Waals surface area (Å²) in [7, 11) is 1.33. The molecule has 0 aliphatic rings. The number of carbonyl (C=O) groups excluding carboxylic acids is 2. The fraction of sp³-hybridized carbons (Fsp3) is 0.111. The molecule has 0 saturated carbocycles. The van der Waals surface area contributed by atoms with Crippen molar-refractivity contribution in [1.29, 1.82) is 0 Å². The van der Waals surface area contributed by atoms with E-state index >= 15 is 0 Å². The van der Waals surface area contributed by atoms with Crippen LogP contribution in [-0.2, 0) is 4.74 Å². The van der Waals surface area contributed by atoms with Gasteiger partial charge in [0.05, 0.1) is 12.8 Å². The number of methoxy groups -OCH3 is 1. The molecule has 3 aromatic rings. The summed E-state index contributed by atoms with van der Waals surface area (Å²) in [6.45, 7) is 0. The number of ether oxygens (including phenoxy) is 1. The van der Waals surface area contributed by atoms with Crippen LogP contribution in [0.5, 0.6) is 0 Å². The van der Waals surface area contributed by atoms with Gasteiger partial charge in [0.25, 0.3) is 5.91 Å². The number of hydrogen-bond acceptors (Lipinski definition) is 5. The third kappa shape index (κ3) is 3.16. The Balaban J connectivity index is 1.98. The van der Waals surface area contributed by atoms with Crippen molar-refractivity contribution in [1.82, 2.24) is 0 Å². The van der Waals surface area contributed by atoms with Crippen molar-refractivity contribution in [3.63, 3.8) is 0 Å². The van der Waals surface area contributed by atoms with Crippen LogP contribution in [0.25, 0.3) is 10.1 Å². The first-order valence-corrected chi connectivity index (χ1v) is 9.23. The predicted octanol–water partition coefficient (Wildman–Crippen LogP) is 4.66. The molecule has 4 nitrogen and oxygen atoms in total. The fourth-order valence-electron chi connectivity index (χ4n) is 2.33. The van der Waals surface area contributed by atoms with Gasteiger partial charge in [-0.25, -0.2) is 4.79 Å². The van der Waals surface area contributed by atoms with E-state index in [1.807, 2.05) is 42.7 Å². The van der Waals surface area contributed by atoms with E-state index < -0.39 is 5.97 Å². The molecule has 0 fully saturated rings. The lowest BCUT2D eigenvalue weighted by Gasteiger charge is -2.07. The number of hydrogen-bond donors (Lipinski definition) is 1. The molecule has 0 radical (unpaired) electrons. The number of amides is 1. The second-order valence-electron chi connectivity index (χ2n) is 4.98. The van der Waals surface area contributed by atoms with E-state index in [2.05, 4.69) is 5.32 Å². The van der Waals surface area contributed by atoms with E-state index in [9.17, 15) is 9.59 Å². The first-order chi connectivity index (χ1) is 11.6. The SMILES string of the molecule is COC(=O)c1sc2ccccc2c1NC(=O)c1ccc(SC)cc1. The first kappa shape index (κ1) is 16.5. The van der Waals surface area contributed by atoms with Crippen LogP contribution >= 0.6 is 23.1 Å². The van der Waals surface area contributed by atoms with Crippen molar-refractivity contribution in [2.45, 2.75) is 4.90 Å². The zero-order chi connectivity index (χ0) is 17.1. The Kier molecular flexibility index (Phi) is 4.87. The van der Waals surface area contributed by atoms with Crippen LogP contribution in [0.4, 0.5) is 5.69 Å². The van der Waals surface area contributed by atoms with Crippen molar-refractivity contribution < 1.29 is 14.3 Å². The van der Waals surface area contributed by atoms with Gasteiger partial charge in [-0.05, 0) is 36.6 Å². The van der Waals surface area contributed by atoms with Crippen LogP contribution < -0.4 is 5.32 Å². The minimum Gasteiger partial charge on any atom is -0.465 e. The van der Waals surface area contributed by atoms with Gasteiger partial charge in [-0.3, -0.25) is 4.79 Å². The molecule has 1 amide bonds. The lowest BCUT2D eigenvalue weighted by Crippen LogP contribution is -2.14. The highest BCUT2D eigenvalue weighted by atomic mass is 32.2. The Morgan fingerprint density at radius 3 is 2.46 bits per heavy atom. The summed E-state index contributed by atoms with van der Waals surface area (Å²) < 4.78 is 5.76. The summed E-state index contributed by atoms with van der Waals surface area (Å²) in [6, 6.07) is 14.9. The van der Waals surface area contributed by atoms with Crippen LogP contribution in [0.15, 0.2) is 53.4 Å². The summed E-state index contributed by atoms with van der Waals surface area (Å²) in [5.74, 6) is -0.708. The number of nitrogens with one attached hydrogen (secondary N) is 1. The number of benzene rings is 2. The van der Waals surface area contributed by atoms with Gasteiger partial charge in [-0.2, -0.15) is 0 Å². The molecule has 1 heterocycles. The molecule has 3 rings (SSSR count). The summed E-state index contributed by atoms with van der Waals surface area (Å²) >= 11 is 2.92. The molecule has 1 aromatic heterocycles. The van der Waals surface area contributed by atoms with E-state index in [1.54, 1.807) is 23.9 Å². The molecule has 0 aliphatic carbocycles. The summed E-state index contributed by atoms with van der Waals surface area (Å²) in [5.41, 5.74) is 1.04. The lowest BCUT2D eigenvalue weighted by atomic mass is 10.2. The maximum atomic E-state index is 12.6. The molecule has 6 heteroatoms. The number of thiophene rings is 1. The molecule has 0 bridgehead atoms. The average molecular weight is 357 g/mol. The largest absolute Gasteiger partial charge is 0.465 e. The van der Waals surface area contributed by atoms with Crippen LogP contribution in [0.3, 0.4) is 0 Å². The molecule has 24 heavy (non-hydrogen) atoms. The van der Waals surface area contributed by atoms with Gasteiger partial charge >= 0.3 is 5.97 Å². The molecule has 122 valence electrons. The second kappa shape index (κ2) is 7.07. The van der Waals surface area contributed by atoms with E-state index in [-0.39, 0.29) is 5.91 Å². The highest BCUT2D eigenvalue weighted by Crippen LogP contribution is 2.36. The highest BCUT2D eigenvalue weighted by Gasteiger charge is 2.21. The average Bonchev–Trinajstić information content (AvgIpc) is 2.99. The monoisotopic (exact) mass is 357 g/mol.